The fraction of sp³-hybridized carbons (Fsp3) is 0.263. The van der Waals surface area contributed by atoms with E-state index in [2.05, 4.69) is 9.72 Å². The van der Waals surface area contributed by atoms with Crippen molar-refractivity contribution in [1.82, 2.24) is 4.57 Å². The van der Waals surface area contributed by atoms with Crippen molar-refractivity contribution >= 4 is 50.8 Å². The molecule has 0 radical (unpaired) electrons. The lowest BCUT2D eigenvalue weighted by molar-refractivity contribution is -0.384. The van der Waals surface area contributed by atoms with E-state index >= 15 is 0 Å². The molecule has 27 heavy (non-hydrogen) atoms. The van der Waals surface area contributed by atoms with Gasteiger partial charge in [-0.25, -0.2) is 4.79 Å². The molecule has 7 nitrogen and oxygen atoms in total. The van der Waals surface area contributed by atoms with Crippen molar-refractivity contribution in [3.05, 3.63) is 52.1 Å². The number of aryl methyl sites for hydroxylation is 1. The first-order valence-electron chi connectivity index (χ1n) is 8.41. The zero-order valence-electron chi connectivity index (χ0n) is 14.9. The molecule has 0 N–H and O–H groups in total. The average molecular weight is 388 g/mol. The summed E-state index contributed by atoms with van der Waals surface area (Å²) in [5, 5.41) is 16.7. The number of nitrogens with zero attached hydrogens (tertiary/aromatic N) is 3. The fourth-order valence-corrected chi connectivity index (χ4v) is 3.19. The summed E-state index contributed by atoms with van der Waals surface area (Å²) >= 11 is 5.85. The summed E-state index contributed by atoms with van der Waals surface area (Å²) in [7, 11) is 0. The lowest BCUT2D eigenvalue weighted by Gasteiger charge is -2.06. The van der Waals surface area contributed by atoms with Crippen LogP contribution in [0.1, 0.15) is 25.8 Å². The number of carbonyl (C=O) groups excluding carboxylic acids is 1. The zero-order valence-corrected chi connectivity index (χ0v) is 15.7. The molecule has 0 aliphatic rings. The lowest BCUT2D eigenvalue weighted by Crippen LogP contribution is -2.00. The predicted molar refractivity (Wildman–Crippen MR) is 105 cm³/mol. The number of fused-ring (bicyclic) bond motifs is 3. The molecule has 0 bridgehead atoms. The smallest absolute Gasteiger partial charge is 0.331 e. The molecule has 1 heterocycles. The molecule has 0 unspecified atom stereocenters. The molecule has 3 aromatic rings. The van der Waals surface area contributed by atoms with Gasteiger partial charge in [0.05, 0.1) is 10.6 Å². The molecule has 2 aromatic carbocycles. The van der Waals surface area contributed by atoms with Crippen molar-refractivity contribution in [1.29, 1.82) is 0 Å². The van der Waals surface area contributed by atoms with Gasteiger partial charge in [-0.15, -0.1) is 11.6 Å². The van der Waals surface area contributed by atoms with Crippen LogP contribution in [0.5, 0.6) is 0 Å². The van der Waals surface area contributed by atoms with Crippen molar-refractivity contribution in [2.45, 2.75) is 26.8 Å². The number of hydrogen-bond acceptors (Lipinski definition) is 5. The van der Waals surface area contributed by atoms with Gasteiger partial charge >= 0.3 is 5.97 Å². The maximum Gasteiger partial charge on any atom is 0.331 e. The molecule has 0 saturated heterocycles. The van der Waals surface area contributed by atoms with Gasteiger partial charge in [0.15, 0.2) is 0 Å². The van der Waals surface area contributed by atoms with Gasteiger partial charge in [0, 0.05) is 53.3 Å². The minimum Gasteiger partial charge on any atom is -0.340 e. The molecule has 3 rings (SSSR count). The van der Waals surface area contributed by atoms with E-state index in [0.29, 0.717) is 18.1 Å². The normalized spacial score (nSPS) is 11.9. The van der Waals surface area contributed by atoms with Crippen LogP contribution in [0.15, 0.2) is 41.6 Å². The average Bonchev–Trinajstić information content (AvgIpc) is 2.96. The van der Waals surface area contributed by atoms with Gasteiger partial charge in [-0.2, -0.15) is 0 Å². The molecule has 0 aliphatic carbocycles. The third kappa shape index (κ3) is 3.78. The summed E-state index contributed by atoms with van der Waals surface area (Å²) in [6.07, 6.45) is 0.784. The second-order valence-electron chi connectivity index (χ2n) is 6.14. The van der Waals surface area contributed by atoms with Crippen LogP contribution in [0.2, 0.25) is 0 Å². The van der Waals surface area contributed by atoms with Crippen LogP contribution in [-0.2, 0) is 16.2 Å². The fourth-order valence-electron chi connectivity index (χ4n) is 3.07. The highest BCUT2D eigenvalue weighted by Gasteiger charge is 2.15. The quantitative estimate of drug-likeness (QED) is 0.203. The number of non-ortho nitro benzene ring substituents is 1. The number of aromatic nitrogens is 1. The number of oxime groups is 1. The molecule has 0 spiro atoms. The summed E-state index contributed by atoms with van der Waals surface area (Å²) in [4.78, 5) is 26.5. The topological polar surface area (TPSA) is 86.7 Å². The number of carbonyl (C=O) groups is 1. The van der Waals surface area contributed by atoms with Crippen molar-refractivity contribution in [3.63, 3.8) is 0 Å². The third-order valence-corrected chi connectivity index (χ3v) is 4.57. The predicted octanol–water partition coefficient (Wildman–Crippen LogP) is 4.62. The van der Waals surface area contributed by atoms with Gasteiger partial charge in [-0.1, -0.05) is 11.2 Å². The molecule has 0 atom stereocenters. The SMILES string of the molecule is CC(=O)ON=C(C)c1ccc2c(c1)c1cc([N+](=O)[O-])ccc1n2CCCCl. The van der Waals surface area contributed by atoms with E-state index in [9.17, 15) is 14.9 Å². The third-order valence-electron chi connectivity index (χ3n) is 4.30. The Bertz CT molecular complexity index is 1070. The maximum absolute atomic E-state index is 11.2. The van der Waals surface area contributed by atoms with Gasteiger partial charge in [0.2, 0.25) is 0 Å². The summed E-state index contributed by atoms with van der Waals surface area (Å²) in [6.45, 7) is 3.73. The molecular formula is C19H18ClN3O4. The number of rotatable bonds is 6. The van der Waals surface area contributed by atoms with Crippen molar-refractivity contribution < 1.29 is 14.6 Å². The minimum atomic E-state index is -0.497. The summed E-state index contributed by atoms with van der Waals surface area (Å²) in [5.41, 5.74) is 3.22. The Balaban J connectivity index is 2.22. The second kappa shape index (κ2) is 7.75. The highest BCUT2D eigenvalue weighted by molar-refractivity contribution is 6.17. The Morgan fingerprint density at radius 1 is 1.19 bits per heavy atom. The van der Waals surface area contributed by atoms with E-state index in [1.54, 1.807) is 19.1 Å². The zero-order chi connectivity index (χ0) is 19.6. The first-order valence-corrected chi connectivity index (χ1v) is 8.94. The maximum atomic E-state index is 11.2. The van der Waals surface area contributed by atoms with Crippen LogP contribution in [-0.4, -0.2) is 27.1 Å². The van der Waals surface area contributed by atoms with Gasteiger partial charge < -0.3 is 9.40 Å². The van der Waals surface area contributed by atoms with E-state index < -0.39 is 10.9 Å². The Labute approximate surface area is 160 Å². The van der Waals surface area contributed by atoms with Gasteiger partial charge in [0.25, 0.3) is 5.69 Å². The number of benzene rings is 2. The van der Waals surface area contributed by atoms with E-state index in [0.717, 1.165) is 33.8 Å². The number of hydrogen-bond donors (Lipinski definition) is 0. The molecular weight excluding hydrogens is 370 g/mol. The van der Waals surface area contributed by atoms with Crippen LogP contribution in [0, 0.1) is 10.1 Å². The number of nitro benzene ring substituents is 1. The summed E-state index contributed by atoms with van der Waals surface area (Å²) in [5.74, 6) is 0.0316. The molecule has 0 aliphatic heterocycles. The van der Waals surface area contributed by atoms with Gasteiger partial charge in [-0.3, -0.25) is 10.1 Å². The Morgan fingerprint density at radius 2 is 1.85 bits per heavy atom. The highest BCUT2D eigenvalue weighted by atomic mass is 35.5. The van der Waals surface area contributed by atoms with E-state index in [-0.39, 0.29) is 5.69 Å². The Hall–Kier alpha value is -2.93. The van der Waals surface area contributed by atoms with Crippen LogP contribution in [0.3, 0.4) is 0 Å². The molecule has 0 saturated carbocycles. The first kappa shape index (κ1) is 18.8. The van der Waals surface area contributed by atoms with Crippen molar-refractivity contribution in [2.75, 3.05) is 5.88 Å². The standard InChI is InChI=1S/C19H18ClN3O4/c1-12(21-27-13(2)24)14-4-6-18-16(10-14)17-11-15(23(25)26)5-7-19(17)22(18)9-3-8-20/h4-7,10-11H,3,8-9H2,1-2H3. The summed E-state index contributed by atoms with van der Waals surface area (Å²) in [6, 6.07) is 10.6. The molecule has 0 amide bonds. The number of alkyl halides is 1. The minimum absolute atomic E-state index is 0.0367. The van der Waals surface area contributed by atoms with Crippen LogP contribution in [0.4, 0.5) is 5.69 Å². The summed E-state index contributed by atoms with van der Waals surface area (Å²) < 4.78 is 2.11. The number of halogens is 1. The van der Waals surface area contributed by atoms with Crippen LogP contribution >= 0.6 is 11.6 Å². The Kier molecular flexibility index (Phi) is 5.41. The highest BCUT2D eigenvalue weighted by Crippen LogP contribution is 2.33. The van der Waals surface area contributed by atoms with Gasteiger partial charge in [-0.05, 0) is 37.1 Å². The van der Waals surface area contributed by atoms with Crippen LogP contribution in [0.25, 0.3) is 21.8 Å². The van der Waals surface area contributed by atoms with Crippen LogP contribution < -0.4 is 0 Å². The van der Waals surface area contributed by atoms with E-state index in [4.69, 9.17) is 16.4 Å². The molecule has 0 fully saturated rings. The number of nitro groups is 1. The van der Waals surface area contributed by atoms with E-state index in [1.165, 1.54) is 13.0 Å². The second-order valence-corrected chi connectivity index (χ2v) is 6.52. The lowest BCUT2D eigenvalue weighted by atomic mass is 10.1. The molecule has 1 aromatic heterocycles. The molecule has 8 heteroatoms. The van der Waals surface area contributed by atoms with Crippen molar-refractivity contribution in [2.24, 2.45) is 5.16 Å². The monoisotopic (exact) mass is 387 g/mol. The van der Waals surface area contributed by atoms with Crippen molar-refractivity contribution in [3.8, 4) is 0 Å². The molecule has 140 valence electrons. The van der Waals surface area contributed by atoms with E-state index in [1.807, 2.05) is 18.2 Å². The van der Waals surface area contributed by atoms with Gasteiger partial charge in [0.1, 0.15) is 0 Å². The first-order chi connectivity index (χ1) is 12.9. The Morgan fingerprint density at radius 3 is 2.48 bits per heavy atom. The largest absolute Gasteiger partial charge is 0.340 e.